The minimum Gasteiger partial charge on any atom is -0.389 e. The lowest BCUT2D eigenvalue weighted by Crippen LogP contribution is -2.32. The van der Waals surface area contributed by atoms with E-state index in [4.69, 9.17) is 9.47 Å². The monoisotopic (exact) mass is 293 g/mol. The van der Waals surface area contributed by atoms with E-state index < -0.39 is 6.10 Å². The van der Waals surface area contributed by atoms with E-state index in [1.165, 1.54) is 0 Å². The van der Waals surface area contributed by atoms with Crippen molar-refractivity contribution in [2.24, 2.45) is 0 Å². The zero-order chi connectivity index (χ0) is 15.5. The van der Waals surface area contributed by atoms with E-state index in [0.29, 0.717) is 32.9 Å². The van der Waals surface area contributed by atoms with Gasteiger partial charge >= 0.3 is 0 Å². The number of aliphatic hydroxyl groups is 1. The van der Waals surface area contributed by atoms with Gasteiger partial charge in [0.1, 0.15) is 0 Å². The van der Waals surface area contributed by atoms with E-state index in [9.17, 15) is 5.11 Å². The smallest absolute Gasteiger partial charge is 0.0897 e. The third-order valence-corrected chi connectivity index (χ3v) is 2.96. The predicted octanol–water partition coefficient (Wildman–Crippen LogP) is 2.31. The molecular weight excluding hydrogens is 266 g/mol. The molecule has 2 unspecified atom stereocenters. The standard InChI is InChI=1S/C17H27NO3/c1-14(2)12-20-10-9-18-11-17(19)13-21-15(3)16-7-5-4-6-8-16/h4-8,15,17-19H,1,9-13H2,2-3H3. The Morgan fingerprint density at radius 1 is 1.33 bits per heavy atom. The van der Waals surface area contributed by atoms with Crippen LogP contribution in [-0.4, -0.2) is 44.1 Å². The Labute approximate surface area is 127 Å². The van der Waals surface area contributed by atoms with Crippen molar-refractivity contribution in [3.63, 3.8) is 0 Å². The number of hydrogen-bond acceptors (Lipinski definition) is 4. The Hall–Kier alpha value is -1.20. The highest BCUT2D eigenvalue weighted by Gasteiger charge is 2.09. The average molecular weight is 293 g/mol. The van der Waals surface area contributed by atoms with Crippen molar-refractivity contribution in [3.05, 3.63) is 48.0 Å². The molecule has 1 aromatic rings. The minimum atomic E-state index is -0.516. The van der Waals surface area contributed by atoms with Crippen LogP contribution in [0.2, 0.25) is 0 Å². The highest BCUT2D eigenvalue weighted by Crippen LogP contribution is 2.15. The van der Waals surface area contributed by atoms with Crippen LogP contribution in [0.5, 0.6) is 0 Å². The molecule has 0 aliphatic heterocycles. The van der Waals surface area contributed by atoms with E-state index in [1.54, 1.807) is 0 Å². The lowest BCUT2D eigenvalue weighted by atomic mass is 10.1. The van der Waals surface area contributed by atoms with Gasteiger partial charge in [-0.1, -0.05) is 42.5 Å². The van der Waals surface area contributed by atoms with E-state index in [1.807, 2.05) is 44.2 Å². The van der Waals surface area contributed by atoms with Gasteiger partial charge in [0.25, 0.3) is 0 Å². The summed E-state index contributed by atoms with van der Waals surface area (Å²) in [6.07, 6.45) is -0.531. The Morgan fingerprint density at radius 3 is 2.71 bits per heavy atom. The Morgan fingerprint density at radius 2 is 2.05 bits per heavy atom. The van der Waals surface area contributed by atoms with Gasteiger partial charge in [-0.25, -0.2) is 0 Å². The fourth-order valence-corrected chi connectivity index (χ4v) is 1.79. The van der Waals surface area contributed by atoms with Gasteiger partial charge in [0.15, 0.2) is 0 Å². The molecule has 0 spiro atoms. The van der Waals surface area contributed by atoms with E-state index in [2.05, 4.69) is 11.9 Å². The third-order valence-electron chi connectivity index (χ3n) is 2.96. The second-order valence-corrected chi connectivity index (χ2v) is 5.25. The van der Waals surface area contributed by atoms with Crippen LogP contribution in [0, 0.1) is 0 Å². The number of hydrogen-bond donors (Lipinski definition) is 2. The van der Waals surface area contributed by atoms with E-state index >= 15 is 0 Å². The Balaban J connectivity index is 2.06. The van der Waals surface area contributed by atoms with Crippen molar-refractivity contribution in [3.8, 4) is 0 Å². The van der Waals surface area contributed by atoms with Crippen LogP contribution >= 0.6 is 0 Å². The normalized spacial score (nSPS) is 13.9. The molecule has 0 aromatic heterocycles. The largest absolute Gasteiger partial charge is 0.389 e. The van der Waals surface area contributed by atoms with Crippen molar-refractivity contribution in [2.75, 3.05) is 32.9 Å². The van der Waals surface area contributed by atoms with Gasteiger partial charge in [0.05, 0.1) is 32.0 Å². The molecule has 4 heteroatoms. The van der Waals surface area contributed by atoms with Gasteiger partial charge < -0.3 is 19.9 Å². The Bertz CT molecular complexity index is 394. The summed E-state index contributed by atoms with van der Waals surface area (Å²) in [5, 5.41) is 13.0. The SMILES string of the molecule is C=C(C)COCCNCC(O)COC(C)c1ccccc1. The molecule has 1 rings (SSSR count). The molecule has 21 heavy (non-hydrogen) atoms. The molecule has 1 aromatic carbocycles. The molecule has 0 saturated carbocycles. The van der Waals surface area contributed by atoms with Crippen LogP contribution in [0.3, 0.4) is 0 Å². The molecule has 118 valence electrons. The predicted molar refractivity (Wildman–Crippen MR) is 85.3 cm³/mol. The molecule has 0 aliphatic rings. The number of nitrogens with one attached hydrogen (secondary N) is 1. The lowest BCUT2D eigenvalue weighted by molar-refractivity contribution is -0.00249. The highest BCUT2D eigenvalue weighted by atomic mass is 16.5. The minimum absolute atomic E-state index is 0.0141. The van der Waals surface area contributed by atoms with Gasteiger partial charge in [0.2, 0.25) is 0 Å². The first kappa shape index (κ1) is 17.9. The Kier molecular flexibility index (Phi) is 8.94. The van der Waals surface area contributed by atoms with E-state index in [0.717, 1.165) is 11.1 Å². The van der Waals surface area contributed by atoms with Crippen molar-refractivity contribution in [1.82, 2.24) is 5.32 Å². The summed E-state index contributed by atoms with van der Waals surface area (Å²) in [6.45, 7) is 10.4. The zero-order valence-electron chi connectivity index (χ0n) is 13.0. The molecule has 0 radical (unpaired) electrons. The van der Waals surface area contributed by atoms with Crippen LogP contribution < -0.4 is 5.32 Å². The van der Waals surface area contributed by atoms with Gasteiger partial charge in [-0.05, 0) is 19.4 Å². The highest BCUT2D eigenvalue weighted by molar-refractivity contribution is 5.16. The summed E-state index contributed by atoms with van der Waals surface area (Å²) in [7, 11) is 0. The summed E-state index contributed by atoms with van der Waals surface area (Å²) in [5.74, 6) is 0. The molecular formula is C17H27NO3. The van der Waals surface area contributed by atoms with Crippen molar-refractivity contribution < 1.29 is 14.6 Å². The van der Waals surface area contributed by atoms with Gasteiger partial charge in [-0.3, -0.25) is 0 Å². The first-order valence-corrected chi connectivity index (χ1v) is 7.37. The summed E-state index contributed by atoms with van der Waals surface area (Å²) in [4.78, 5) is 0. The van der Waals surface area contributed by atoms with Gasteiger partial charge in [-0.2, -0.15) is 0 Å². The van der Waals surface area contributed by atoms with Crippen LogP contribution in [0.1, 0.15) is 25.5 Å². The van der Waals surface area contributed by atoms with Crippen LogP contribution in [0.4, 0.5) is 0 Å². The summed E-state index contributed by atoms with van der Waals surface area (Å²) in [6, 6.07) is 9.99. The maximum atomic E-state index is 9.85. The summed E-state index contributed by atoms with van der Waals surface area (Å²) >= 11 is 0. The van der Waals surface area contributed by atoms with Crippen molar-refractivity contribution in [1.29, 1.82) is 0 Å². The molecule has 0 fully saturated rings. The fraction of sp³-hybridized carbons (Fsp3) is 0.529. The molecule has 4 nitrogen and oxygen atoms in total. The van der Waals surface area contributed by atoms with Crippen LogP contribution in [-0.2, 0) is 9.47 Å². The molecule has 2 atom stereocenters. The lowest BCUT2D eigenvalue weighted by Gasteiger charge is -2.17. The molecule has 0 aliphatic carbocycles. The first-order chi connectivity index (χ1) is 10.1. The summed E-state index contributed by atoms with van der Waals surface area (Å²) < 4.78 is 11.0. The van der Waals surface area contributed by atoms with Crippen LogP contribution in [0.25, 0.3) is 0 Å². The maximum Gasteiger partial charge on any atom is 0.0897 e. The molecule has 0 amide bonds. The average Bonchev–Trinajstić information content (AvgIpc) is 2.49. The van der Waals surface area contributed by atoms with Crippen molar-refractivity contribution in [2.45, 2.75) is 26.1 Å². The van der Waals surface area contributed by atoms with E-state index in [-0.39, 0.29) is 6.10 Å². The third kappa shape index (κ3) is 8.63. The molecule has 0 heterocycles. The fourth-order valence-electron chi connectivity index (χ4n) is 1.79. The van der Waals surface area contributed by atoms with Crippen molar-refractivity contribution >= 4 is 0 Å². The van der Waals surface area contributed by atoms with Crippen LogP contribution in [0.15, 0.2) is 42.5 Å². The molecule has 0 bridgehead atoms. The number of aliphatic hydroxyl groups excluding tert-OH is 1. The first-order valence-electron chi connectivity index (χ1n) is 7.37. The number of benzene rings is 1. The quantitative estimate of drug-likeness (QED) is 0.485. The second kappa shape index (κ2) is 10.5. The molecule has 2 N–H and O–H groups in total. The topological polar surface area (TPSA) is 50.7 Å². The number of ether oxygens (including phenoxy) is 2. The summed E-state index contributed by atoms with van der Waals surface area (Å²) in [5.41, 5.74) is 2.13. The van der Waals surface area contributed by atoms with Gasteiger partial charge in [-0.15, -0.1) is 0 Å². The molecule has 0 saturated heterocycles. The van der Waals surface area contributed by atoms with Gasteiger partial charge in [0, 0.05) is 13.1 Å². The number of rotatable bonds is 11. The maximum absolute atomic E-state index is 9.85. The second-order valence-electron chi connectivity index (χ2n) is 5.25. The zero-order valence-corrected chi connectivity index (χ0v) is 13.0.